The highest BCUT2D eigenvalue weighted by atomic mass is 14.9. The maximum atomic E-state index is 4.04. The summed E-state index contributed by atoms with van der Waals surface area (Å²) < 4.78 is 0. The molecule has 1 aromatic heterocycles. The molecule has 1 saturated carbocycles. The van der Waals surface area contributed by atoms with Crippen LogP contribution in [0.2, 0.25) is 0 Å². The van der Waals surface area contributed by atoms with E-state index in [-0.39, 0.29) is 0 Å². The fourth-order valence-electron chi connectivity index (χ4n) is 2.64. The number of hydrogen-bond acceptors (Lipinski definition) is 3. The van der Waals surface area contributed by atoms with Crippen molar-refractivity contribution in [1.82, 2.24) is 15.3 Å². The Hall–Kier alpha value is -0.960. The van der Waals surface area contributed by atoms with Crippen molar-refractivity contribution in [1.29, 1.82) is 0 Å². The van der Waals surface area contributed by atoms with Crippen molar-refractivity contribution in [3.05, 3.63) is 24.3 Å². The molecule has 1 aromatic rings. The topological polar surface area (TPSA) is 37.8 Å². The fourth-order valence-corrected chi connectivity index (χ4v) is 2.64. The van der Waals surface area contributed by atoms with E-state index in [1.54, 1.807) is 6.33 Å². The molecular weight excluding hydrogens is 198 g/mol. The van der Waals surface area contributed by atoms with Gasteiger partial charge in [0.1, 0.15) is 6.33 Å². The van der Waals surface area contributed by atoms with Crippen LogP contribution in [-0.2, 0) is 6.54 Å². The normalized spacial score (nSPS) is 25.6. The summed E-state index contributed by atoms with van der Waals surface area (Å²) in [5.41, 5.74) is 1.18. The number of nitrogens with zero attached hydrogens (tertiary/aromatic N) is 2. The SMILES string of the molecule is CCC1CCCCC1NCc1cncnc1. The van der Waals surface area contributed by atoms with Crippen LogP contribution in [-0.4, -0.2) is 16.0 Å². The van der Waals surface area contributed by atoms with Crippen LogP contribution >= 0.6 is 0 Å². The molecule has 1 heterocycles. The summed E-state index contributed by atoms with van der Waals surface area (Å²) in [6.45, 7) is 3.21. The molecule has 0 spiro atoms. The smallest absolute Gasteiger partial charge is 0.115 e. The molecule has 1 aliphatic rings. The number of aromatic nitrogens is 2. The van der Waals surface area contributed by atoms with Crippen molar-refractivity contribution < 1.29 is 0 Å². The molecule has 0 saturated heterocycles. The Labute approximate surface area is 97.7 Å². The highest BCUT2D eigenvalue weighted by Crippen LogP contribution is 2.26. The minimum atomic E-state index is 0.693. The minimum absolute atomic E-state index is 0.693. The van der Waals surface area contributed by atoms with Gasteiger partial charge in [-0.25, -0.2) is 9.97 Å². The highest BCUT2D eigenvalue weighted by Gasteiger charge is 2.22. The Balaban J connectivity index is 1.84. The summed E-state index contributed by atoms with van der Waals surface area (Å²) in [5, 5.41) is 3.66. The van der Waals surface area contributed by atoms with Crippen LogP contribution in [0.5, 0.6) is 0 Å². The molecule has 0 aromatic carbocycles. The second-order valence-electron chi connectivity index (χ2n) is 4.69. The summed E-state index contributed by atoms with van der Waals surface area (Å²) in [7, 11) is 0. The predicted molar refractivity (Wildman–Crippen MR) is 64.9 cm³/mol. The van der Waals surface area contributed by atoms with Crippen molar-refractivity contribution in [3.8, 4) is 0 Å². The standard InChI is InChI=1S/C13H21N3/c1-2-12-5-3-4-6-13(12)16-9-11-7-14-10-15-8-11/h7-8,10,12-13,16H,2-6,9H2,1H3. The zero-order valence-electron chi connectivity index (χ0n) is 10.0. The molecule has 0 bridgehead atoms. The molecule has 2 unspecified atom stereocenters. The van der Waals surface area contributed by atoms with Crippen molar-refractivity contribution in [2.75, 3.05) is 0 Å². The van der Waals surface area contributed by atoms with E-state index < -0.39 is 0 Å². The summed E-state index contributed by atoms with van der Waals surface area (Å²) >= 11 is 0. The van der Waals surface area contributed by atoms with Crippen LogP contribution in [0.1, 0.15) is 44.6 Å². The average molecular weight is 219 g/mol. The molecule has 3 heteroatoms. The van der Waals surface area contributed by atoms with Gasteiger partial charge in [-0.2, -0.15) is 0 Å². The Bertz CT molecular complexity index is 299. The molecule has 3 nitrogen and oxygen atoms in total. The van der Waals surface area contributed by atoms with Gasteiger partial charge in [-0.15, -0.1) is 0 Å². The lowest BCUT2D eigenvalue weighted by Gasteiger charge is -2.31. The van der Waals surface area contributed by atoms with Crippen LogP contribution in [0.3, 0.4) is 0 Å². The molecule has 0 aliphatic heterocycles. The van der Waals surface area contributed by atoms with Gasteiger partial charge in [0.15, 0.2) is 0 Å². The van der Waals surface area contributed by atoms with Gasteiger partial charge in [0.2, 0.25) is 0 Å². The van der Waals surface area contributed by atoms with Crippen molar-refractivity contribution in [2.45, 2.75) is 51.6 Å². The maximum Gasteiger partial charge on any atom is 0.115 e. The van der Waals surface area contributed by atoms with Gasteiger partial charge in [-0.1, -0.05) is 26.2 Å². The van der Waals surface area contributed by atoms with Crippen LogP contribution in [0.4, 0.5) is 0 Å². The lowest BCUT2D eigenvalue weighted by Crippen LogP contribution is -2.37. The van der Waals surface area contributed by atoms with E-state index >= 15 is 0 Å². The number of hydrogen-bond donors (Lipinski definition) is 1. The third-order valence-corrected chi connectivity index (χ3v) is 3.62. The zero-order chi connectivity index (χ0) is 11.2. The monoisotopic (exact) mass is 219 g/mol. The van der Waals surface area contributed by atoms with Crippen molar-refractivity contribution >= 4 is 0 Å². The van der Waals surface area contributed by atoms with Crippen LogP contribution in [0, 0.1) is 5.92 Å². The van der Waals surface area contributed by atoms with Gasteiger partial charge in [-0.05, 0) is 18.8 Å². The molecule has 1 N–H and O–H groups in total. The number of rotatable bonds is 4. The summed E-state index contributed by atoms with van der Waals surface area (Å²) in [5.74, 6) is 0.860. The summed E-state index contributed by atoms with van der Waals surface area (Å²) in [4.78, 5) is 8.07. The third-order valence-electron chi connectivity index (χ3n) is 3.62. The lowest BCUT2D eigenvalue weighted by atomic mass is 9.83. The van der Waals surface area contributed by atoms with Crippen LogP contribution < -0.4 is 5.32 Å². The maximum absolute atomic E-state index is 4.04. The van der Waals surface area contributed by atoms with E-state index in [4.69, 9.17) is 0 Å². The second-order valence-corrected chi connectivity index (χ2v) is 4.69. The first-order valence-electron chi connectivity index (χ1n) is 6.37. The van der Waals surface area contributed by atoms with Gasteiger partial charge in [0, 0.05) is 30.5 Å². The Kier molecular flexibility index (Phi) is 4.28. The molecule has 2 rings (SSSR count). The van der Waals surface area contributed by atoms with E-state index in [0.717, 1.165) is 12.5 Å². The van der Waals surface area contributed by atoms with Gasteiger partial charge in [-0.3, -0.25) is 0 Å². The molecule has 2 atom stereocenters. The highest BCUT2D eigenvalue weighted by molar-refractivity contribution is 5.02. The first-order chi connectivity index (χ1) is 7.90. The Morgan fingerprint density at radius 1 is 1.25 bits per heavy atom. The van der Waals surface area contributed by atoms with Gasteiger partial charge in [0.05, 0.1) is 0 Å². The van der Waals surface area contributed by atoms with E-state index in [0.29, 0.717) is 6.04 Å². The molecular formula is C13H21N3. The second kappa shape index (κ2) is 5.94. The van der Waals surface area contributed by atoms with Gasteiger partial charge >= 0.3 is 0 Å². The fraction of sp³-hybridized carbons (Fsp3) is 0.692. The van der Waals surface area contributed by atoms with Crippen LogP contribution in [0.15, 0.2) is 18.7 Å². The minimum Gasteiger partial charge on any atom is -0.310 e. The molecule has 0 radical (unpaired) electrons. The van der Waals surface area contributed by atoms with Crippen molar-refractivity contribution in [3.63, 3.8) is 0 Å². The third kappa shape index (κ3) is 3.01. The first-order valence-corrected chi connectivity index (χ1v) is 6.37. The van der Waals surface area contributed by atoms with E-state index in [1.165, 1.54) is 37.7 Å². The Morgan fingerprint density at radius 3 is 2.75 bits per heavy atom. The average Bonchev–Trinajstić information content (AvgIpc) is 2.38. The first kappa shape index (κ1) is 11.5. The summed E-state index contributed by atoms with van der Waals surface area (Å²) in [6, 6.07) is 0.693. The van der Waals surface area contributed by atoms with Gasteiger partial charge < -0.3 is 5.32 Å². The largest absolute Gasteiger partial charge is 0.310 e. The molecule has 1 aliphatic carbocycles. The zero-order valence-corrected chi connectivity index (χ0v) is 10.0. The van der Waals surface area contributed by atoms with E-state index in [1.807, 2.05) is 12.4 Å². The molecule has 16 heavy (non-hydrogen) atoms. The summed E-state index contributed by atoms with van der Waals surface area (Å²) in [6.07, 6.45) is 12.2. The quantitative estimate of drug-likeness (QED) is 0.845. The predicted octanol–water partition coefficient (Wildman–Crippen LogP) is 2.54. The van der Waals surface area contributed by atoms with E-state index in [9.17, 15) is 0 Å². The lowest BCUT2D eigenvalue weighted by molar-refractivity contribution is 0.254. The van der Waals surface area contributed by atoms with Crippen LogP contribution in [0.25, 0.3) is 0 Å². The van der Waals surface area contributed by atoms with Gasteiger partial charge in [0.25, 0.3) is 0 Å². The number of nitrogens with one attached hydrogen (secondary N) is 1. The Morgan fingerprint density at radius 2 is 2.00 bits per heavy atom. The van der Waals surface area contributed by atoms with E-state index in [2.05, 4.69) is 22.2 Å². The molecule has 0 amide bonds. The molecule has 1 fully saturated rings. The molecule has 88 valence electrons. The van der Waals surface area contributed by atoms with Crippen molar-refractivity contribution in [2.24, 2.45) is 5.92 Å².